The Bertz CT molecular complexity index is 1300. The quantitative estimate of drug-likeness (QED) is 0.277. The summed E-state index contributed by atoms with van der Waals surface area (Å²) in [5.41, 5.74) is 4.26. The molecule has 0 unspecified atom stereocenters. The lowest BCUT2D eigenvalue weighted by atomic mass is 9.71. The summed E-state index contributed by atoms with van der Waals surface area (Å²) >= 11 is 0. The molecule has 40 heavy (non-hydrogen) atoms. The number of methoxy groups -OCH3 is 3. The molecule has 8 nitrogen and oxygen atoms in total. The molecule has 2 aromatic carbocycles. The highest BCUT2D eigenvalue weighted by Gasteiger charge is 2.42. The first kappa shape index (κ1) is 29.2. The minimum absolute atomic E-state index is 0.0170. The topological polar surface area (TPSA) is 92.3 Å². The molecule has 2 atom stereocenters. The number of carbonyl (C=O) groups excluding carboxylic acids is 2. The van der Waals surface area contributed by atoms with Gasteiger partial charge in [-0.1, -0.05) is 37.6 Å². The highest BCUT2D eigenvalue weighted by Crippen LogP contribution is 2.48. The second kappa shape index (κ2) is 13.5. The van der Waals surface area contributed by atoms with Crippen LogP contribution in [0, 0.1) is 0 Å². The average molecular weight is 550 g/mol. The van der Waals surface area contributed by atoms with Crippen LogP contribution in [0.4, 0.5) is 0 Å². The number of hydrogen-bond acceptors (Lipinski definition) is 8. The van der Waals surface area contributed by atoms with E-state index in [1.807, 2.05) is 49.4 Å². The minimum Gasteiger partial charge on any atom is -0.493 e. The lowest BCUT2D eigenvalue weighted by molar-refractivity contribution is -0.140. The van der Waals surface area contributed by atoms with Crippen molar-refractivity contribution in [3.05, 3.63) is 76.1 Å². The Morgan fingerprint density at radius 3 is 2.45 bits per heavy atom. The summed E-state index contributed by atoms with van der Waals surface area (Å²) in [6.07, 6.45) is 2.81. The van der Waals surface area contributed by atoms with Crippen molar-refractivity contribution >= 4 is 11.8 Å². The van der Waals surface area contributed by atoms with Gasteiger partial charge in [-0.2, -0.15) is 0 Å². The van der Waals surface area contributed by atoms with Crippen molar-refractivity contribution in [1.82, 2.24) is 5.32 Å². The van der Waals surface area contributed by atoms with Crippen LogP contribution in [0.3, 0.4) is 0 Å². The predicted octanol–water partition coefficient (Wildman–Crippen LogP) is 5.43. The molecule has 0 radical (unpaired) electrons. The van der Waals surface area contributed by atoms with Crippen molar-refractivity contribution in [2.24, 2.45) is 0 Å². The van der Waals surface area contributed by atoms with Crippen LogP contribution in [0.15, 0.2) is 65.0 Å². The van der Waals surface area contributed by atoms with Gasteiger partial charge in [-0.05, 0) is 49.4 Å². The van der Waals surface area contributed by atoms with Crippen LogP contribution in [0.25, 0.3) is 0 Å². The maximum absolute atomic E-state index is 14.0. The van der Waals surface area contributed by atoms with Crippen LogP contribution in [0.5, 0.6) is 17.2 Å². The van der Waals surface area contributed by atoms with Gasteiger partial charge in [0.15, 0.2) is 17.3 Å². The number of unbranched alkanes of at least 4 members (excludes halogenated alkanes) is 1. The first-order chi connectivity index (χ1) is 19.4. The maximum Gasteiger partial charge on any atom is 0.336 e. The van der Waals surface area contributed by atoms with Crippen LogP contribution < -0.4 is 19.5 Å². The molecule has 8 heteroatoms. The van der Waals surface area contributed by atoms with Crippen LogP contribution in [0.1, 0.15) is 62.5 Å². The molecule has 0 saturated carbocycles. The van der Waals surface area contributed by atoms with Crippen LogP contribution in [-0.4, -0.2) is 52.9 Å². The number of ketones is 1. The lowest BCUT2D eigenvalue weighted by Gasteiger charge is -2.37. The second-order valence-corrected chi connectivity index (χ2v) is 10.0. The molecule has 214 valence electrons. The summed E-state index contributed by atoms with van der Waals surface area (Å²) in [7, 11) is 4.75. The Balaban J connectivity index is 1.76. The highest BCUT2D eigenvalue weighted by atomic mass is 16.6. The fraction of sp³-hybridized carbons (Fsp3) is 0.438. The van der Waals surface area contributed by atoms with E-state index in [1.54, 1.807) is 21.3 Å². The molecule has 1 N–H and O–H groups in total. The number of Topliss-reactive ketones (excluding diaryl/α,β-unsaturated/α-hetero) is 1. The summed E-state index contributed by atoms with van der Waals surface area (Å²) in [5.74, 6) is 0.769. The summed E-state index contributed by atoms with van der Waals surface area (Å²) in [5, 5.41) is 3.40. The van der Waals surface area contributed by atoms with Gasteiger partial charge in [0.1, 0.15) is 12.4 Å². The normalized spacial score (nSPS) is 18.7. The number of esters is 1. The molecule has 0 spiro atoms. The third kappa shape index (κ3) is 6.17. The monoisotopic (exact) mass is 549 g/mol. The van der Waals surface area contributed by atoms with Crippen LogP contribution in [0.2, 0.25) is 0 Å². The third-order valence-electron chi connectivity index (χ3n) is 7.43. The van der Waals surface area contributed by atoms with Gasteiger partial charge in [0.05, 0.1) is 38.9 Å². The number of para-hydroxylation sites is 1. The van der Waals surface area contributed by atoms with Crippen molar-refractivity contribution in [3.8, 4) is 17.2 Å². The van der Waals surface area contributed by atoms with E-state index in [-0.39, 0.29) is 24.9 Å². The Kier molecular flexibility index (Phi) is 9.88. The molecule has 0 bridgehead atoms. The van der Waals surface area contributed by atoms with Gasteiger partial charge in [0, 0.05) is 36.1 Å². The van der Waals surface area contributed by atoms with E-state index in [1.165, 1.54) is 0 Å². The molecule has 0 amide bonds. The van der Waals surface area contributed by atoms with Gasteiger partial charge >= 0.3 is 5.97 Å². The first-order valence-corrected chi connectivity index (χ1v) is 13.8. The van der Waals surface area contributed by atoms with Crippen molar-refractivity contribution in [1.29, 1.82) is 0 Å². The highest BCUT2D eigenvalue weighted by molar-refractivity contribution is 6.04. The van der Waals surface area contributed by atoms with E-state index in [9.17, 15) is 9.59 Å². The molecule has 2 aromatic rings. The zero-order valence-corrected chi connectivity index (χ0v) is 24.0. The smallest absolute Gasteiger partial charge is 0.336 e. The van der Waals surface area contributed by atoms with E-state index in [4.69, 9.17) is 23.7 Å². The summed E-state index contributed by atoms with van der Waals surface area (Å²) < 4.78 is 27.7. The molecule has 1 aliphatic heterocycles. The molecule has 1 aliphatic carbocycles. The molecule has 2 aliphatic rings. The molecule has 0 fully saturated rings. The fourth-order valence-electron chi connectivity index (χ4n) is 5.44. The predicted molar refractivity (Wildman–Crippen MR) is 152 cm³/mol. The number of ether oxygens (including phenoxy) is 5. The number of allylic oxidation sites excluding steroid dienone is 3. The van der Waals surface area contributed by atoms with E-state index in [0.717, 1.165) is 29.7 Å². The minimum atomic E-state index is -0.608. The first-order valence-electron chi connectivity index (χ1n) is 13.8. The van der Waals surface area contributed by atoms with E-state index < -0.39 is 11.9 Å². The average Bonchev–Trinajstić information content (AvgIpc) is 2.96. The largest absolute Gasteiger partial charge is 0.493 e. The fourth-order valence-corrected chi connectivity index (χ4v) is 5.44. The van der Waals surface area contributed by atoms with Gasteiger partial charge < -0.3 is 29.0 Å². The Morgan fingerprint density at radius 2 is 1.73 bits per heavy atom. The Hall–Kier alpha value is -3.78. The second-order valence-electron chi connectivity index (χ2n) is 10.0. The standard InChI is InChI=1S/C32H39NO7/c1-6-7-14-39-26-11-9-8-10-23(26)30-29(32(35)40-16-15-36-3)20(2)33-24-17-22(18-25(34)31(24)30)21-12-13-27(37-4)28(19-21)38-5/h8-13,19,22,30,33H,6-7,14-18H2,1-5H3/t22-,30+/m0/s1. The summed E-state index contributed by atoms with van der Waals surface area (Å²) in [6.45, 7) is 4.92. The number of benzene rings is 2. The van der Waals surface area contributed by atoms with Crippen molar-refractivity contribution in [3.63, 3.8) is 0 Å². The van der Waals surface area contributed by atoms with E-state index in [0.29, 0.717) is 53.5 Å². The SMILES string of the molecule is CCCCOc1ccccc1[C@@H]1C(C(=O)OCCOC)=C(C)NC2=C1C(=O)C[C@@H](c1ccc(OC)c(OC)c1)C2. The zero-order valence-electron chi connectivity index (χ0n) is 24.0. The molecular weight excluding hydrogens is 510 g/mol. The lowest BCUT2D eigenvalue weighted by Crippen LogP contribution is -2.36. The van der Waals surface area contributed by atoms with E-state index in [2.05, 4.69) is 12.2 Å². The van der Waals surface area contributed by atoms with Crippen LogP contribution >= 0.6 is 0 Å². The third-order valence-corrected chi connectivity index (χ3v) is 7.43. The summed E-state index contributed by atoms with van der Waals surface area (Å²) in [4.78, 5) is 27.5. The van der Waals surface area contributed by atoms with Gasteiger partial charge in [0.2, 0.25) is 0 Å². The number of carbonyl (C=O) groups is 2. The molecule has 0 aromatic heterocycles. The van der Waals surface area contributed by atoms with Crippen molar-refractivity contribution in [2.75, 3.05) is 41.2 Å². The molecular formula is C32H39NO7. The van der Waals surface area contributed by atoms with E-state index >= 15 is 0 Å². The molecule has 4 rings (SSSR count). The molecule has 0 saturated heterocycles. The van der Waals surface area contributed by atoms with Gasteiger partial charge in [-0.25, -0.2) is 4.79 Å². The van der Waals surface area contributed by atoms with Gasteiger partial charge in [-0.15, -0.1) is 0 Å². The maximum atomic E-state index is 14.0. The Labute approximate surface area is 236 Å². The number of rotatable bonds is 12. The molecule has 1 heterocycles. The van der Waals surface area contributed by atoms with Crippen molar-refractivity contribution < 1.29 is 33.3 Å². The van der Waals surface area contributed by atoms with Crippen LogP contribution in [-0.2, 0) is 19.1 Å². The number of hydrogen-bond donors (Lipinski definition) is 1. The number of nitrogens with one attached hydrogen (secondary N) is 1. The van der Waals surface area contributed by atoms with Gasteiger partial charge in [0.25, 0.3) is 0 Å². The zero-order chi connectivity index (χ0) is 28.6. The van der Waals surface area contributed by atoms with Gasteiger partial charge in [-0.3, -0.25) is 4.79 Å². The van der Waals surface area contributed by atoms with Crippen molar-refractivity contribution in [2.45, 2.75) is 51.4 Å². The summed E-state index contributed by atoms with van der Waals surface area (Å²) in [6, 6.07) is 13.4. The number of dihydropyridines is 1. The Morgan fingerprint density at radius 1 is 0.950 bits per heavy atom.